The lowest BCUT2D eigenvalue weighted by Crippen LogP contribution is -2.16. The predicted molar refractivity (Wildman–Crippen MR) is 252 cm³/mol. The normalized spacial score (nSPS) is 13.3. The topological polar surface area (TPSA) is 51.8 Å². The van der Waals surface area contributed by atoms with Gasteiger partial charge in [0.1, 0.15) is 11.2 Å². The van der Waals surface area contributed by atoms with Gasteiger partial charge >= 0.3 is 0 Å². The fourth-order valence-corrected chi connectivity index (χ4v) is 12.1. The standard InChI is InChI=1S/C54H33N3OS2/c1-54(2)41-19-6-3-12-33(41)35-16-9-15-32(50(35)54)30-24-26-42-40(28-30)48-37(17-10-20-43(48)58-42)52-55-51(31-25-27-46-39(29-31)34-13-4-7-21-44(34)59-46)56-53(57-52)38-18-11-23-47-49(38)36-14-5-8-22-45(36)60-47/h3-29H,1-2H3. The molecule has 1 aliphatic carbocycles. The third kappa shape index (κ3) is 4.86. The summed E-state index contributed by atoms with van der Waals surface area (Å²) in [5.74, 6) is 1.89. The smallest absolute Gasteiger partial charge is 0.164 e. The Balaban J connectivity index is 1.05. The molecule has 4 heterocycles. The lowest BCUT2D eigenvalue weighted by molar-refractivity contribution is 0.662. The van der Waals surface area contributed by atoms with Gasteiger partial charge in [0, 0.05) is 73.2 Å². The minimum atomic E-state index is -0.145. The summed E-state index contributed by atoms with van der Waals surface area (Å²) in [7, 11) is 0. The Bertz CT molecular complexity index is 3770. The van der Waals surface area contributed by atoms with Crippen molar-refractivity contribution in [2.75, 3.05) is 0 Å². The van der Waals surface area contributed by atoms with Crippen LogP contribution in [0.25, 0.3) is 119 Å². The fraction of sp³-hybridized carbons (Fsp3) is 0.0556. The van der Waals surface area contributed by atoms with Crippen LogP contribution in [0.2, 0.25) is 0 Å². The van der Waals surface area contributed by atoms with E-state index in [2.05, 4.69) is 172 Å². The number of benzene rings is 8. The van der Waals surface area contributed by atoms with E-state index >= 15 is 0 Å². The van der Waals surface area contributed by atoms with Crippen molar-refractivity contribution in [3.05, 3.63) is 175 Å². The Morgan fingerprint density at radius 3 is 1.85 bits per heavy atom. The predicted octanol–water partition coefficient (Wildman–Crippen LogP) is 15.5. The van der Waals surface area contributed by atoms with Crippen LogP contribution in [0.3, 0.4) is 0 Å². The molecular formula is C54H33N3OS2. The van der Waals surface area contributed by atoms with Crippen molar-refractivity contribution >= 4 is 85.0 Å². The summed E-state index contributed by atoms with van der Waals surface area (Å²) in [6, 6.07) is 58.7. The summed E-state index contributed by atoms with van der Waals surface area (Å²) < 4.78 is 11.6. The number of hydrogen-bond acceptors (Lipinski definition) is 6. The molecule has 8 aromatic carbocycles. The molecule has 0 fully saturated rings. The third-order valence-electron chi connectivity index (χ3n) is 12.5. The number of rotatable bonds is 4. The highest BCUT2D eigenvalue weighted by atomic mass is 32.1. The lowest BCUT2D eigenvalue weighted by atomic mass is 9.79. The van der Waals surface area contributed by atoms with Crippen LogP contribution < -0.4 is 0 Å². The molecule has 0 aliphatic heterocycles. The monoisotopic (exact) mass is 803 g/mol. The average Bonchev–Trinajstić information content (AvgIpc) is 4.04. The van der Waals surface area contributed by atoms with E-state index in [4.69, 9.17) is 19.4 Å². The zero-order valence-corrected chi connectivity index (χ0v) is 34.3. The Labute approximate surface area is 353 Å². The van der Waals surface area contributed by atoms with E-state index in [1.165, 1.54) is 62.8 Å². The molecule has 0 atom stereocenters. The van der Waals surface area contributed by atoms with Gasteiger partial charge in [-0.25, -0.2) is 15.0 Å². The summed E-state index contributed by atoms with van der Waals surface area (Å²) in [5.41, 5.74) is 12.1. The molecule has 4 nitrogen and oxygen atoms in total. The van der Waals surface area contributed by atoms with Crippen molar-refractivity contribution in [1.29, 1.82) is 0 Å². The summed E-state index contributed by atoms with van der Waals surface area (Å²) >= 11 is 3.61. The third-order valence-corrected chi connectivity index (χ3v) is 14.8. The molecule has 0 saturated heterocycles. The zero-order chi connectivity index (χ0) is 39.7. The molecule has 0 N–H and O–H groups in total. The molecule has 13 rings (SSSR count). The van der Waals surface area contributed by atoms with Gasteiger partial charge < -0.3 is 4.42 Å². The highest BCUT2D eigenvalue weighted by Gasteiger charge is 2.37. The summed E-state index contributed by atoms with van der Waals surface area (Å²) in [5, 5.41) is 6.84. The van der Waals surface area contributed by atoms with Crippen LogP contribution in [0, 0.1) is 0 Å². The molecule has 60 heavy (non-hydrogen) atoms. The molecule has 0 unspecified atom stereocenters. The van der Waals surface area contributed by atoms with Crippen LogP contribution in [-0.4, -0.2) is 15.0 Å². The van der Waals surface area contributed by atoms with E-state index < -0.39 is 0 Å². The van der Waals surface area contributed by atoms with Crippen molar-refractivity contribution in [3.63, 3.8) is 0 Å². The molecule has 1 aliphatic rings. The van der Waals surface area contributed by atoms with Crippen LogP contribution in [0.4, 0.5) is 0 Å². The number of fused-ring (bicyclic) bond motifs is 12. The van der Waals surface area contributed by atoms with Gasteiger partial charge in [0.15, 0.2) is 17.5 Å². The van der Waals surface area contributed by atoms with Crippen molar-refractivity contribution < 1.29 is 4.42 Å². The summed E-state index contributed by atoms with van der Waals surface area (Å²) in [4.78, 5) is 16.1. The average molecular weight is 804 g/mol. The van der Waals surface area contributed by atoms with E-state index in [9.17, 15) is 0 Å². The molecule has 0 spiro atoms. The largest absolute Gasteiger partial charge is 0.456 e. The number of nitrogens with zero attached hydrogens (tertiary/aromatic N) is 3. The highest BCUT2D eigenvalue weighted by molar-refractivity contribution is 7.26. The molecular weight excluding hydrogens is 771 g/mol. The lowest BCUT2D eigenvalue weighted by Gasteiger charge is -2.24. The van der Waals surface area contributed by atoms with E-state index in [-0.39, 0.29) is 5.41 Å². The van der Waals surface area contributed by atoms with Crippen LogP contribution in [-0.2, 0) is 5.41 Å². The molecule has 12 aromatic rings. The highest BCUT2D eigenvalue weighted by Crippen LogP contribution is 2.52. The summed E-state index contributed by atoms with van der Waals surface area (Å²) in [6.45, 7) is 4.69. The number of hydrogen-bond donors (Lipinski definition) is 0. The number of furan rings is 1. The minimum Gasteiger partial charge on any atom is -0.456 e. The van der Waals surface area contributed by atoms with Crippen LogP contribution in [0.1, 0.15) is 25.0 Å². The second-order valence-electron chi connectivity index (χ2n) is 16.3. The fourth-order valence-electron chi connectivity index (χ4n) is 9.84. The first-order valence-electron chi connectivity index (χ1n) is 20.3. The SMILES string of the molecule is CC1(C)c2ccccc2-c2cccc(-c3ccc4oc5cccc(-c6nc(-c7ccc8sc9ccccc9c8c7)nc(-c7cccc8sc9ccccc9c78)n6)c5c4c3)c21. The van der Waals surface area contributed by atoms with Crippen LogP contribution in [0.15, 0.2) is 168 Å². The molecule has 0 bridgehead atoms. The van der Waals surface area contributed by atoms with Gasteiger partial charge in [-0.05, 0) is 88.0 Å². The maximum Gasteiger partial charge on any atom is 0.164 e. The van der Waals surface area contributed by atoms with Gasteiger partial charge in [-0.2, -0.15) is 0 Å². The van der Waals surface area contributed by atoms with Gasteiger partial charge in [-0.1, -0.05) is 123 Å². The van der Waals surface area contributed by atoms with Crippen LogP contribution in [0.5, 0.6) is 0 Å². The zero-order valence-electron chi connectivity index (χ0n) is 32.7. The Hall–Kier alpha value is -6.99. The summed E-state index contributed by atoms with van der Waals surface area (Å²) in [6.07, 6.45) is 0. The van der Waals surface area contributed by atoms with E-state index in [0.717, 1.165) is 49.6 Å². The van der Waals surface area contributed by atoms with E-state index in [1.807, 2.05) is 17.4 Å². The Morgan fingerprint density at radius 2 is 0.983 bits per heavy atom. The second kappa shape index (κ2) is 12.5. The van der Waals surface area contributed by atoms with Crippen molar-refractivity contribution in [3.8, 4) is 56.4 Å². The maximum absolute atomic E-state index is 6.63. The molecule has 0 radical (unpaired) electrons. The second-order valence-corrected chi connectivity index (χ2v) is 18.5. The number of thiophene rings is 2. The van der Waals surface area contributed by atoms with Gasteiger partial charge in [0.25, 0.3) is 0 Å². The van der Waals surface area contributed by atoms with Gasteiger partial charge in [-0.15, -0.1) is 22.7 Å². The van der Waals surface area contributed by atoms with Gasteiger partial charge in [0.2, 0.25) is 0 Å². The molecule has 282 valence electrons. The number of aromatic nitrogens is 3. The molecule has 0 amide bonds. The first-order chi connectivity index (χ1) is 29.5. The maximum atomic E-state index is 6.63. The van der Waals surface area contributed by atoms with E-state index in [0.29, 0.717) is 17.5 Å². The molecule has 0 saturated carbocycles. The quantitative estimate of drug-likeness (QED) is 0.178. The Morgan fingerprint density at radius 1 is 0.400 bits per heavy atom. The minimum absolute atomic E-state index is 0.145. The van der Waals surface area contributed by atoms with Gasteiger partial charge in [0.05, 0.1) is 0 Å². The molecule has 4 aromatic heterocycles. The van der Waals surface area contributed by atoms with Crippen molar-refractivity contribution in [1.82, 2.24) is 15.0 Å². The van der Waals surface area contributed by atoms with Crippen LogP contribution >= 0.6 is 22.7 Å². The Kier molecular flexibility index (Phi) is 7.07. The van der Waals surface area contributed by atoms with Crippen molar-refractivity contribution in [2.24, 2.45) is 0 Å². The molecule has 6 heteroatoms. The van der Waals surface area contributed by atoms with E-state index in [1.54, 1.807) is 11.3 Å². The first kappa shape index (κ1) is 33.9. The van der Waals surface area contributed by atoms with Gasteiger partial charge in [-0.3, -0.25) is 0 Å². The van der Waals surface area contributed by atoms with Crippen molar-refractivity contribution in [2.45, 2.75) is 19.3 Å². The first-order valence-corrected chi connectivity index (χ1v) is 21.9.